The van der Waals surface area contributed by atoms with Crippen molar-refractivity contribution in [2.24, 2.45) is 11.3 Å². The lowest BCUT2D eigenvalue weighted by Crippen LogP contribution is -2.37. The molecule has 0 unspecified atom stereocenters. The minimum absolute atomic E-state index is 0.0673. The van der Waals surface area contributed by atoms with Gasteiger partial charge in [0.2, 0.25) is 5.91 Å². The molecule has 2 aliphatic heterocycles. The maximum Gasteiger partial charge on any atom is 0.221 e. The average molecular weight is 341 g/mol. The topological polar surface area (TPSA) is 67.6 Å². The van der Waals surface area contributed by atoms with Crippen molar-refractivity contribution in [2.45, 2.75) is 19.5 Å². The fourth-order valence-electron chi connectivity index (χ4n) is 4.04. The van der Waals surface area contributed by atoms with Gasteiger partial charge in [-0.05, 0) is 29.8 Å². The van der Waals surface area contributed by atoms with Crippen molar-refractivity contribution in [3.63, 3.8) is 0 Å². The number of ether oxygens (including phenoxy) is 1. The zero-order valence-electron chi connectivity index (χ0n) is 14.2. The third kappa shape index (κ3) is 3.60. The summed E-state index contributed by atoms with van der Waals surface area (Å²) in [7, 11) is 0. The Morgan fingerprint density at radius 1 is 1.36 bits per heavy atom. The van der Waals surface area contributed by atoms with E-state index < -0.39 is 0 Å². The summed E-state index contributed by atoms with van der Waals surface area (Å²) in [6.45, 7) is 4.63. The smallest absolute Gasteiger partial charge is 0.221 e. The quantitative estimate of drug-likeness (QED) is 0.868. The van der Waals surface area contributed by atoms with Gasteiger partial charge in [-0.15, -0.1) is 0 Å². The van der Waals surface area contributed by atoms with Crippen LogP contribution in [0.1, 0.15) is 17.7 Å². The maximum absolute atomic E-state index is 12.5. The number of rotatable bonds is 6. The van der Waals surface area contributed by atoms with Gasteiger partial charge in [-0.25, -0.2) is 0 Å². The summed E-state index contributed by atoms with van der Waals surface area (Å²) in [4.78, 5) is 19.0. The SMILES string of the molecule is O=C(C[C@]12COC[C@H]1CN(Cc1ccncc1)C2)NCc1ccco1. The molecule has 0 saturated carbocycles. The molecule has 0 aromatic carbocycles. The van der Waals surface area contributed by atoms with Crippen molar-refractivity contribution in [1.82, 2.24) is 15.2 Å². The highest BCUT2D eigenvalue weighted by atomic mass is 16.5. The Hall–Kier alpha value is -2.18. The van der Waals surface area contributed by atoms with Crippen LogP contribution in [0.3, 0.4) is 0 Å². The van der Waals surface area contributed by atoms with E-state index in [1.54, 1.807) is 6.26 Å². The van der Waals surface area contributed by atoms with Gasteiger partial charge in [0, 0.05) is 49.8 Å². The molecule has 2 atom stereocenters. The van der Waals surface area contributed by atoms with Crippen LogP contribution < -0.4 is 5.32 Å². The van der Waals surface area contributed by atoms with Gasteiger partial charge < -0.3 is 14.5 Å². The highest BCUT2D eigenvalue weighted by Crippen LogP contribution is 2.44. The number of carbonyl (C=O) groups is 1. The van der Waals surface area contributed by atoms with E-state index in [2.05, 4.69) is 15.2 Å². The number of hydrogen-bond donors (Lipinski definition) is 1. The first-order valence-corrected chi connectivity index (χ1v) is 8.72. The van der Waals surface area contributed by atoms with E-state index in [9.17, 15) is 4.79 Å². The van der Waals surface area contributed by atoms with Gasteiger partial charge >= 0.3 is 0 Å². The molecule has 6 nitrogen and oxygen atoms in total. The lowest BCUT2D eigenvalue weighted by molar-refractivity contribution is -0.124. The molecular weight excluding hydrogens is 318 g/mol. The monoisotopic (exact) mass is 341 g/mol. The van der Waals surface area contributed by atoms with Crippen molar-refractivity contribution in [3.05, 3.63) is 54.2 Å². The van der Waals surface area contributed by atoms with E-state index in [0.29, 0.717) is 25.5 Å². The molecule has 0 spiro atoms. The first kappa shape index (κ1) is 16.3. The molecule has 2 fully saturated rings. The van der Waals surface area contributed by atoms with Gasteiger partial charge in [0.05, 0.1) is 26.0 Å². The third-order valence-corrected chi connectivity index (χ3v) is 5.30. The lowest BCUT2D eigenvalue weighted by Gasteiger charge is -2.26. The van der Waals surface area contributed by atoms with Crippen LogP contribution in [0.4, 0.5) is 0 Å². The van der Waals surface area contributed by atoms with E-state index in [-0.39, 0.29) is 11.3 Å². The Labute approximate surface area is 147 Å². The maximum atomic E-state index is 12.5. The summed E-state index contributed by atoms with van der Waals surface area (Å²) < 4.78 is 11.0. The summed E-state index contributed by atoms with van der Waals surface area (Å²) >= 11 is 0. The number of carbonyl (C=O) groups excluding carboxylic acids is 1. The third-order valence-electron chi connectivity index (χ3n) is 5.30. The predicted molar refractivity (Wildman–Crippen MR) is 91.4 cm³/mol. The number of hydrogen-bond acceptors (Lipinski definition) is 5. The molecule has 1 amide bonds. The molecule has 4 heterocycles. The van der Waals surface area contributed by atoms with Crippen LogP contribution in [0.5, 0.6) is 0 Å². The summed E-state index contributed by atoms with van der Waals surface area (Å²) in [5.41, 5.74) is 1.19. The number of aromatic nitrogens is 1. The Morgan fingerprint density at radius 2 is 2.24 bits per heavy atom. The van der Waals surface area contributed by atoms with Crippen LogP contribution >= 0.6 is 0 Å². The summed E-state index contributed by atoms with van der Waals surface area (Å²) in [5, 5.41) is 2.97. The van der Waals surface area contributed by atoms with Gasteiger partial charge in [-0.1, -0.05) is 0 Å². The summed E-state index contributed by atoms with van der Waals surface area (Å²) in [5.74, 6) is 1.26. The fourth-order valence-corrected chi connectivity index (χ4v) is 4.04. The molecule has 2 aliphatic rings. The zero-order valence-corrected chi connectivity index (χ0v) is 14.2. The molecular formula is C19H23N3O3. The minimum atomic E-state index is -0.0692. The lowest BCUT2D eigenvalue weighted by atomic mass is 9.78. The second-order valence-electron chi connectivity index (χ2n) is 7.13. The molecule has 25 heavy (non-hydrogen) atoms. The Bertz CT molecular complexity index is 704. The van der Waals surface area contributed by atoms with E-state index in [4.69, 9.17) is 9.15 Å². The molecule has 2 saturated heterocycles. The molecule has 0 aliphatic carbocycles. The number of fused-ring (bicyclic) bond motifs is 1. The van der Waals surface area contributed by atoms with Gasteiger partial charge in [0.25, 0.3) is 0 Å². The van der Waals surface area contributed by atoms with Crippen molar-refractivity contribution < 1.29 is 13.9 Å². The van der Waals surface area contributed by atoms with Crippen LogP contribution in [-0.4, -0.2) is 42.1 Å². The molecule has 6 heteroatoms. The number of nitrogens with one attached hydrogen (secondary N) is 1. The van der Waals surface area contributed by atoms with E-state index >= 15 is 0 Å². The van der Waals surface area contributed by atoms with Gasteiger partial charge in [0.15, 0.2) is 0 Å². The number of nitrogens with zero attached hydrogens (tertiary/aromatic N) is 2. The largest absolute Gasteiger partial charge is 0.467 e. The van der Waals surface area contributed by atoms with Crippen LogP contribution in [-0.2, 0) is 22.6 Å². The van der Waals surface area contributed by atoms with Gasteiger partial charge in [0.1, 0.15) is 5.76 Å². The van der Waals surface area contributed by atoms with E-state index in [0.717, 1.165) is 32.0 Å². The highest BCUT2D eigenvalue weighted by Gasteiger charge is 2.51. The molecule has 132 valence electrons. The van der Waals surface area contributed by atoms with Crippen LogP contribution in [0.25, 0.3) is 0 Å². The van der Waals surface area contributed by atoms with E-state index in [1.807, 2.05) is 36.7 Å². The first-order valence-electron chi connectivity index (χ1n) is 8.72. The van der Waals surface area contributed by atoms with Crippen molar-refractivity contribution >= 4 is 5.91 Å². The van der Waals surface area contributed by atoms with Crippen molar-refractivity contribution in [2.75, 3.05) is 26.3 Å². The average Bonchev–Trinajstić information content (AvgIpc) is 3.30. The first-order chi connectivity index (χ1) is 12.2. The molecule has 0 radical (unpaired) electrons. The van der Waals surface area contributed by atoms with Crippen molar-refractivity contribution in [1.29, 1.82) is 0 Å². The normalized spacial score (nSPS) is 25.8. The standard InChI is InChI=1S/C19H23N3O3/c23-18(21-9-17-2-1-7-25-17)8-19-13-22(11-16(19)12-24-14-19)10-15-3-5-20-6-4-15/h1-7,16H,8-14H2,(H,21,23)/t16-,19+/m1/s1. The highest BCUT2D eigenvalue weighted by molar-refractivity contribution is 5.76. The number of likely N-dealkylation sites (tertiary alicyclic amines) is 1. The second kappa shape index (κ2) is 6.98. The van der Waals surface area contributed by atoms with E-state index in [1.165, 1.54) is 5.56 Å². The summed E-state index contributed by atoms with van der Waals surface area (Å²) in [6, 6.07) is 7.79. The van der Waals surface area contributed by atoms with Crippen molar-refractivity contribution in [3.8, 4) is 0 Å². The number of pyridine rings is 1. The molecule has 2 aromatic heterocycles. The Kier molecular flexibility index (Phi) is 4.55. The molecule has 0 bridgehead atoms. The van der Waals surface area contributed by atoms with Crippen LogP contribution in [0.15, 0.2) is 47.3 Å². The molecule has 4 rings (SSSR count). The fraction of sp³-hybridized carbons (Fsp3) is 0.474. The Balaban J connectivity index is 1.36. The molecule has 1 N–H and O–H groups in total. The predicted octanol–water partition coefficient (Wildman–Crippen LogP) is 1.83. The van der Waals surface area contributed by atoms with Gasteiger partial charge in [-0.3, -0.25) is 14.7 Å². The van der Waals surface area contributed by atoms with Crippen LogP contribution in [0.2, 0.25) is 0 Å². The molecule has 2 aromatic rings. The zero-order chi connectivity index (χ0) is 17.1. The van der Waals surface area contributed by atoms with Gasteiger partial charge in [-0.2, -0.15) is 0 Å². The number of amides is 1. The summed E-state index contributed by atoms with van der Waals surface area (Å²) in [6.07, 6.45) is 5.78. The Morgan fingerprint density at radius 3 is 3.04 bits per heavy atom. The minimum Gasteiger partial charge on any atom is -0.467 e. The van der Waals surface area contributed by atoms with Crippen LogP contribution in [0, 0.1) is 11.3 Å². The second-order valence-corrected chi connectivity index (χ2v) is 7.13. The number of furan rings is 1.